The van der Waals surface area contributed by atoms with Gasteiger partial charge in [0.05, 0.1) is 16.4 Å². The lowest BCUT2D eigenvalue weighted by atomic mass is 9.98. The second-order valence-corrected chi connectivity index (χ2v) is 10.5. The van der Waals surface area contributed by atoms with Crippen molar-refractivity contribution in [1.29, 1.82) is 0 Å². The molecule has 0 saturated heterocycles. The van der Waals surface area contributed by atoms with E-state index in [0.29, 0.717) is 0 Å². The highest BCUT2D eigenvalue weighted by Gasteiger charge is 2.28. The van der Waals surface area contributed by atoms with Crippen molar-refractivity contribution in [2.45, 2.75) is 12.5 Å². The molecule has 0 N–H and O–H groups in total. The Labute approximate surface area is 233 Å². The minimum Gasteiger partial charge on any atom is -0.484 e. The highest BCUT2D eigenvalue weighted by molar-refractivity contribution is 6.13. The van der Waals surface area contributed by atoms with Gasteiger partial charge in [0.15, 0.2) is 0 Å². The topological polar surface area (TPSA) is 14.2 Å². The molecular formula is C38H27NO. The monoisotopic (exact) mass is 513 g/mol. The Bertz CT molecular complexity index is 1930. The average Bonchev–Trinajstić information content (AvgIpc) is 3.62. The van der Waals surface area contributed by atoms with Crippen LogP contribution >= 0.6 is 0 Å². The molecular weight excluding hydrogens is 486 g/mol. The SMILES string of the molecule is c1ccc(-c2cc(-c3ccccc3)cc(-n3c4ccccc4c4c5c(ccc43)CC(c3ccccc3)O5)c2)cc1. The van der Waals surface area contributed by atoms with E-state index in [1.807, 2.05) is 0 Å². The maximum Gasteiger partial charge on any atom is 0.133 e. The van der Waals surface area contributed by atoms with Crippen molar-refractivity contribution in [2.24, 2.45) is 0 Å². The van der Waals surface area contributed by atoms with Crippen LogP contribution < -0.4 is 4.74 Å². The molecule has 1 aromatic heterocycles. The van der Waals surface area contributed by atoms with Gasteiger partial charge in [-0.1, -0.05) is 115 Å². The van der Waals surface area contributed by atoms with E-state index in [0.717, 1.165) is 23.4 Å². The Morgan fingerprint density at radius 1 is 0.525 bits per heavy atom. The zero-order valence-corrected chi connectivity index (χ0v) is 22.0. The summed E-state index contributed by atoms with van der Waals surface area (Å²) in [6, 6.07) is 52.1. The van der Waals surface area contributed by atoms with Crippen LogP contribution in [0.15, 0.2) is 146 Å². The molecule has 190 valence electrons. The second kappa shape index (κ2) is 9.29. The molecule has 2 heterocycles. The Kier molecular flexibility index (Phi) is 5.31. The maximum absolute atomic E-state index is 6.74. The summed E-state index contributed by atoms with van der Waals surface area (Å²) in [7, 11) is 0. The van der Waals surface area contributed by atoms with Crippen molar-refractivity contribution in [3.63, 3.8) is 0 Å². The van der Waals surface area contributed by atoms with Gasteiger partial charge in [-0.05, 0) is 63.7 Å². The van der Waals surface area contributed by atoms with Crippen LogP contribution in [-0.2, 0) is 6.42 Å². The first-order chi connectivity index (χ1) is 19.8. The Hall–Kier alpha value is -5.08. The van der Waals surface area contributed by atoms with Crippen molar-refractivity contribution in [1.82, 2.24) is 4.57 Å². The third kappa shape index (κ3) is 3.72. The number of aromatic nitrogens is 1. The van der Waals surface area contributed by atoms with E-state index >= 15 is 0 Å². The lowest BCUT2D eigenvalue weighted by Gasteiger charge is -2.14. The quantitative estimate of drug-likeness (QED) is 0.228. The molecule has 0 spiro atoms. The molecule has 40 heavy (non-hydrogen) atoms. The third-order valence-electron chi connectivity index (χ3n) is 8.10. The van der Waals surface area contributed by atoms with Crippen LogP contribution in [0, 0.1) is 0 Å². The predicted octanol–water partition coefficient (Wildman–Crippen LogP) is 9.79. The molecule has 1 atom stereocenters. The largest absolute Gasteiger partial charge is 0.484 e. The fourth-order valence-corrected chi connectivity index (χ4v) is 6.22. The van der Waals surface area contributed by atoms with Crippen molar-refractivity contribution in [2.75, 3.05) is 0 Å². The summed E-state index contributed by atoms with van der Waals surface area (Å²) in [5.74, 6) is 1.02. The molecule has 0 bridgehead atoms. The minimum atomic E-state index is 0.0370. The van der Waals surface area contributed by atoms with Gasteiger partial charge in [0.2, 0.25) is 0 Å². The van der Waals surface area contributed by atoms with Gasteiger partial charge < -0.3 is 9.30 Å². The van der Waals surface area contributed by atoms with Crippen LogP contribution in [0.4, 0.5) is 0 Å². The zero-order valence-electron chi connectivity index (χ0n) is 22.0. The van der Waals surface area contributed by atoms with Crippen LogP contribution in [0.3, 0.4) is 0 Å². The molecule has 7 aromatic rings. The van der Waals surface area contributed by atoms with E-state index in [1.54, 1.807) is 0 Å². The predicted molar refractivity (Wildman–Crippen MR) is 165 cm³/mol. The number of rotatable bonds is 4. The average molecular weight is 514 g/mol. The summed E-state index contributed by atoms with van der Waals surface area (Å²) in [5.41, 5.74) is 10.8. The maximum atomic E-state index is 6.74. The fraction of sp³-hybridized carbons (Fsp3) is 0.0526. The van der Waals surface area contributed by atoms with Crippen LogP contribution in [-0.4, -0.2) is 4.57 Å². The molecule has 1 unspecified atom stereocenters. The van der Waals surface area contributed by atoms with Crippen molar-refractivity contribution < 1.29 is 4.74 Å². The number of ether oxygens (including phenoxy) is 1. The normalized spacial score (nSPS) is 14.3. The first-order valence-corrected chi connectivity index (χ1v) is 13.9. The number of fused-ring (bicyclic) bond motifs is 5. The van der Waals surface area contributed by atoms with Gasteiger partial charge in [-0.15, -0.1) is 0 Å². The van der Waals surface area contributed by atoms with Crippen LogP contribution in [0.25, 0.3) is 49.7 Å². The van der Waals surface area contributed by atoms with Gasteiger partial charge in [-0.2, -0.15) is 0 Å². The molecule has 8 rings (SSSR count). The molecule has 0 aliphatic carbocycles. The van der Waals surface area contributed by atoms with Gasteiger partial charge in [0, 0.05) is 17.5 Å². The van der Waals surface area contributed by atoms with E-state index in [2.05, 4.69) is 150 Å². The Balaban J connectivity index is 1.37. The van der Waals surface area contributed by atoms with Gasteiger partial charge in [-0.3, -0.25) is 0 Å². The summed E-state index contributed by atoms with van der Waals surface area (Å²) in [6.45, 7) is 0. The molecule has 1 aliphatic heterocycles. The molecule has 1 aliphatic rings. The summed E-state index contributed by atoms with van der Waals surface area (Å²) >= 11 is 0. The van der Waals surface area contributed by atoms with Gasteiger partial charge in [0.25, 0.3) is 0 Å². The molecule has 2 heteroatoms. The zero-order chi connectivity index (χ0) is 26.5. The van der Waals surface area contributed by atoms with E-state index in [9.17, 15) is 0 Å². The summed E-state index contributed by atoms with van der Waals surface area (Å²) in [5, 5.41) is 2.41. The fourth-order valence-electron chi connectivity index (χ4n) is 6.22. The second-order valence-electron chi connectivity index (χ2n) is 10.5. The standard InChI is InChI=1S/C38H27NO/c1-4-12-26(13-5-1)30-22-31(27-14-6-2-7-15-27)24-32(23-30)39-34-19-11-10-18-33(34)37-35(39)21-20-29-25-36(40-38(29)37)28-16-8-3-9-17-28/h1-24,36H,25H2. The summed E-state index contributed by atoms with van der Waals surface area (Å²) < 4.78 is 9.14. The summed E-state index contributed by atoms with van der Waals surface area (Å²) in [4.78, 5) is 0. The lowest BCUT2D eigenvalue weighted by Crippen LogP contribution is -2.02. The van der Waals surface area contributed by atoms with Crippen molar-refractivity contribution in [3.8, 4) is 33.7 Å². The van der Waals surface area contributed by atoms with Crippen LogP contribution in [0.1, 0.15) is 17.2 Å². The number of hydrogen-bond donors (Lipinski definition) is 0. The molecule has 2 nitrogen and oxygen atoms in total. The molecule has 0 fully saturated rings. The summed E-state index contributed by atoms with van der Waals surface area (Å²) in [6.07, 6.45) is 0.922. The van der Waals surface area contributed by atoms with Gasteiger partial charge in [0.1, 0.15) is 11.9 Å². The van der Waals surface area contributed by atoms with E-state index in [4.69, 9.17) is 4.74 Å². The van der Waals surface area contributed by atoms with E-state index in [-0.39, 0.29) is 6.10 Å². The minimum absolute atomic E-state index is 0.0370. The molecule has 0 saturated carbocycles. The highest BCUT2D eigenvalue weighted by atomic mass is 16.5. The number of hydrogen-bond acceptors (Lipinski definition) is 1. The molecule has 0 radical (unpaired) electrons. The van der Waals surface area contributed by atoms with Crippen molar-refractivity contribution in [3.05, 3.63) is 157 Å². The first-order valence-electron chi connectivity index (χ1n) is 13.9. The van der Waals surface area contributed by atoms with Crippen LogP contribution in [0.2, 0.25) is 0 Å². The first kappa shape index (κ1) is 22.9. The number of para-hydroxylation sites is 1. The van der Waals surface area contributed by atoms with Crippen molar-refractivity contribution >= 4 is 21.8 Å². The molecule has 6 aromatic carbocycles. The third-order valence-corrected chi connectivity index (χ3v) is 8.10. The van der Waals surface area contributed by atoms with E-state index in [1.165, 1.54) is 49.7 Å². The number of benzene rings is 6. The van der Waals surface area contributed by atoms with Gasteiger partial charge >= 0.3 is 0 Å². The van der Waals surface area contributed by atoms with Gasteiger partial charge in [-0.25, -0.2) is 0 Å². The smallest absolute Gasteiger partial charge is 0.133 e. The Morgan fingerprint density at radius 3 is 1.80 bits per heavy atom. The van der Waals surface area contributed by atoms with E-state index < -0.39 is 0 Å². The number of nitrogens with zero attached hydrogens (tertiary/aromatic N) is 1. The Morgan fingerprint density at radius 2 is 1.12 bits per heavy atom. The van der Waals surface area contributed by atoms with Crippen LogP contribution in [0.5, 0.6) is 5.75 Å². The molecule has 0 amide bonds. The highest BCUT2D eigenvalue weighted by Crippen LogP contribution is 2.46. The lowest BCUT2D eigenvalue weighted by molar-refractivity contribution is 0.241.